The summed E-state index contributed by atoms with van der Waals surface area (Å²) in [5, 5.41) is 4.05. The summed E-state index contributed by atoms with van der Waals surface area (Å²) in [4.78, 5) is 5.18. The minimum Gasteiger partial charge on any atom is -0.396 e. The molecule has 0 radical (unpaired) electrons. The van der Waals surface area contributed by atoms with E-state index in [0.29, 0.717) is 6.61 Å². The molecule has 0 bridgehead atoms. The van der Waals surface area contributed by atoms with Crippen LogP contribution in [-0.4, -0.2) is 12.3 Å². The zero-order valence-corrected chi connectivity index (χ0v) is 8.86. The first-order valence-electron chi connectivity index (χ1n) is 5.06. The quantitative estimate of drug-likeness (QED) is 0.398. The summed E-state index contributed by atoms with van der Waals surface area (Å²) in [6, 6.07) is 10.1. The molecule has 0 unspecified atom stereocenters. The van der Waals surface area contributed by atoms with Gasteiger partial charge < -0.3 is 4.84 Å². The Morgan fingerprint density at radius 2 is 2.00 bits per heavy atom. The van der Waals surface area contributed by atoms with Crippen molar-refractivity contribution >= 4 is 5.71 Å². The van der Waals surface area contributed by atoms with Crippen LogP contribution in [0.1, 0.15) is 32.3 Å². The fraction of sp³-hybridized carbons (Fsp3) is 0.417. The predicted molar refractivity (Wildman–Crippen MR) is 59.5 cm³/mol. The molecule has 1 aromatic carbocycles. The van der Waals surface area contributed by atoms with Gasteiger partial charge in [-0.25, -0.2) is 0 Å². The van der Waals surface area contributed by atoms with Gasteiger partial charge in [-0.15, -0.1) is 0 Å². The zero-order chi connectivity index (χ0) is 10.2. The topological polar surface area (TPSA) is 21.6 Å². The molecule has 2 heteroatoms. The van der Waals surface area contributed by atoms with Gasteiger partial charge in [-0.2, -0.15) is 0 Å². The molecule has 0 spiro atoms. The molecule has 1 rings (SSSR count). The van der Waals surface area contributed by atoms with E-state index in [9.17, 15) is 0 Å². The fourth-order valence-corrected chi connectivity index (χ4v) is 1.08. The summed E-state index contributed by atoms with van der Waals surface area (Å²) >= 11 is 0. The van der Waals surface area contributed by atoms with Crippen LogP contribution in [0, 0.1) is 0 Å². The van der Waals surface area contributed by atoms with E-state index in [1.807, 2.05) is 37.3 Å². The molecule has 0 aromatic heterocycles. The van der Waals surface area contributed by atoms with Gasteiger partial charge in [0.2, 0.25) is 0 Å². The molecule has 1 aromatic rings. The van der Waals surface area contributed by atoms with Crippen LogP contribution in [0.5, 0.6) is 0 Å². The number of benzene rings is 1. The second-order valence-corrected chi connectivity index (χ2v) is 3.23. The highest BCUT2D eigenvalue weighted by Gasteiger charge is 1.95. The molecule has 0 fully saturated rings. The Bertz CT molecular complexity index is 280. The van der Waals surface area contributed by atoms with Gasteiger partial charge in [0.25, 0.3) is 0 Å². The van der Waals surface area contributed by atoms with Crippen LogP contribution < -0.4 is 0 Å². The van der Waals surface area contributed by atoms with E-state index in [1.165, 1.54) is 0 Å². The van der Waals surface area contributed by atoms with E-state index in [1.54, 1.807) is 0 Å². The number of oxime groups is 1. The summed E-state index contributed by atoms with van der Waals surface area (Å²) < 4.78 is 0. The number of rotatable bonds is 5. The van der Waals surface area contributed by atoms with E-state index < -0.39 is 0 Å². The minimum absolute atomic E-state index is 0.709. The first-order chi connectivity index (χ1) is 6.84. The summed E-state index contributed by atoms with van der Waals surface area (Å²) in [5.74, 6) is 0. The Labute approximate surface area is 85.6 Å². The molecule has 0 amide bonds. The lowest BCUT2D eigenvalue weighted by Crippen LogP contribution is -1.96. The van der Waals surface area contributed by atoms with Gasteiger partial charge in [-0.05, 0) is 18.9 Å². The average Bonchev–Trinajstić information content (AvgIpc) is 2.25. The molecule has 0 atom stereocenters. The standard InChI is InChI=1S/C12H17NO/c1-3-4-10-14-13-11(2)12-8-6-5-7-9-12/h5-9H,3-4,10H2,1-2H3/b13-11+. The molecule has 0 aliphatic heterocycles. The van der Waals surface area contributed by atoms with Crippen molar-refractivity contribution < 1.29 is 4.84 Å². The van der Waals surface area contributed by atoms with Crippen molar-refractivity contribution in [3.8, 4) is 0 Å². The number of hydrogen-bond donors (Lipinski definition) is 0. The molecular weight excluding hydrogens is 174 g/mol. The molecule has 0 saturated heterocycles. The zero-order valence-electron chi connectivity index (χ0n) is 8.86. The van der Waals surface area contributed by atoms with Gasteiger partial charge in [0.15, 0.2) is 0 Å². The normalized spacial score (nSPS) is 11.4. The number of hydrogen-bond acceptors (Lipinski definition) is 2. The van der Waals surface area contributed by atoms with Crippen LogP contribution in [0.4, 0.5) is 0 Å². The van der Waals surface area contributed by atoms with Crippen molar-refractivity contribution in [3.63, 3.8) is 0 Å². The van der Waals surface area contributed by atoms with Gasteiger partial charge in [0.1, 0.15) is 6.61 Å². The number of nitrogens with zero attached hydrogens (tertiary/aromatic N) is 1. The highest BCUT2D eigenvalue weighted by Crippen LogP contribution is 2.01. The van der Waals surface area contributed by atoms with Crippen LogP contribution in [-0.2, 0) is 4.84 Å². The third-order valence-corrected chi connectivity index (χ3v) is 1.98. The molecule has 0 N–H and O–H groups in total. The van der Waals surface area contributed by atoms with Gasteiger partial charge in [-0.1, -0.05) is 48.8 Å². The molecule has 14 heavy (non-hydrogen) atoms. The summed E-state index contributed by atoms with van der Waals surface area (Å²) in [6.07, 6.45) is 2.20. The maximum atomic E-state index is 5.18. The maximum absolute atomic E-state index is 5.18. The monoisotopic (exact) mass is 191 g/mol. The summed E-state index contributed by atoms with van der Waals surface area (Å²) in [6.45, 7) is 4.80. The molecule has 0 heterocycles. The first-order valence-corrected chi connectivity index (χ1v) is 5.06. The van der Waals surface area contributed by atoms with Crippen LogP contribution in [0.2, 0.25) is 0 Å². The van der Waals surface area contributed by atoms with Crippen molar-refractivity contribution in [1.82, 2.24) is 0 Å². The van der Waals surface area contributed by atoms with Crippen LogP contribution in [0.25, 0.3) is 0 Å². The van der Waals surface area contributed by atoms with E-state index in [-0.39, 0.29) is 0 Å². The van der Waals surface area contributed by atoms with Crippen LogP contribution >= 0.6 is 0 Å². The Hall–Kier alpha value is -1.31. The first kappa shape index (κ1) is 10.8. The lowest BCUT2D eigenvalue weighted by molar-refractivity contribution is 0.141. The van der Waals surface area contributed by atoms with Crippen molar-refractivity contribution in [2.45, 2.75) is 26.7 Å². The molecule has 2 nitrogen and oxygen atoms in total. The molecule has 76 valence electrons. The SMILES string of the molecule is CCCCO/N=C(\C)c1ccccc1. The molecule has 0 saturated carbocycles. The molecule has 0 aliphatic rings. The Balaban J connectivity index is 2.44. The fourth-order valence-electron chi connectivity index (χ4n) is 1.08. The summed E-state index contributed by atoms with van der Waals surface area (Å²) in [5.41, 5.74) is 2.05. The summed E-state index contributed by atoms with van der Waals surface area (Å²) in [7, 11) is 0. The third kappa shape index (κ3) is 3.60. The predicted octanol–water partition coefficient (Wildman–Crippen LogP) is 3.23. The van der Waals surface area contributed by atoms with Crippen molar-refractivity contribution in [1.29, 1.82) is 0 Å². The maximum Gasteiger partial charge on any atom is 0.117 e. The Kier molecular flexibility index (Phi) is 4.76. The lowest BCUT2D eigenvalue weighted by Gasteiger charge is -2.01. The van der Waals surface area contributed by atoms with E-state index in [2.05, 4.69) is 12.1 Å². The van der Waals surface area contributed by atoms with Crippen molar-refractivity contribution in [2.75, 3.05) is 6.61 Å². The highest BCUT2D eigenvalue weighted by atomic mass is 16.6. The minimum atomic E-state index is 0.709. The van der Waals surface area contributed by atoms with Gasteiger partial charge in [0.05, 0.1) is 5.71 Å². The highest BCUT2D eigenvalue weighted by molar-refractivity contribution is 5.98. The third-order valence-electron chi connectivity index (χ3n) is 1.98. The molecule has 0 aliphatic carbocycles. The van der Waals surface area contributed by atoms with E-state index >= 15 is 0 Å². The van der Waals surface area contributed by atoms with Crippen LogP contribution in [0.15, 0.2) is 35.5 Å². The van der Waals surface area contributed by atoms with Crippen LogP contribution in [0.3, 0.4) is 0 Å². The second-order valence-electron chi connectivity index (χ2n) is 3.23. The van der Waals surface area contributed by atoms with E-state index in [0.717, 1.165) is 24.1 Å². The Morgan fingerprint density at radius 1 is 1.29 bits per heavy atom. The lowest BCUT2D eigenvalue weighted by atomic mass is 10.1. The van der Waals surface area contributed by atoms with Crippen molar-refractivity contribution in [3.05, 3.63) is 35.9 Å². The van der Waals surface area contributed by atoms with Gasteiger partial charge >= 0.3 is 0 Å². The van der Waals surface area contributed by atoms with Crippen molar-refractivity contribution in [2.24, 2.45) is 5.16 Å². The largest absolute Gasteiger partial charge is 0.396 e. The van der Waals surface area contributed by atoms with Gasteiger partial charge in [-0.3, -0.25) is 0 Å². The molecular formula is C12H17NO. The van der Waals surface area contributed by atoms with E-state index in [4.69, 9.17) is 4.84 Å². The smallest absolute Gasteiger partial charge is 0.117 e. The number of unbranched alkanes of at least 4 members (excludes halogenated alkanes) is 1. The second kappa shape index (κ2) is 6.19. The van der Waals surface area contributed by atoms with Gasteiger partial charge in [0, 0.05) is 0 Å². The average molecular weight is 191 g/mol. The Morgan fingerprint density at radius 3 is 2.64 bits per heavy atom.